The number of likely N-dealkylation sites (N-methyl/N-ethyl adjacent to an activating group) is 1. The van der Waals surface area contributed by atoms with Gasteiger partial charge in [-0.2, -0.15) is 0 Å². The topological polar surface area (TPSA) is 49.6 Å². The lowest BCUT2D eigenvalue weighted by Gasteiger charge is -2.26. The van der Waals surface area contributed by atoms with E-state index in [1.54, 1.807) is 0 Å². The van der Waals surface area contributed by atoms with Crippen LogP contribution in [0.1, 0.15) is 32.8 Å². The van der Waals surface area contributed by atoms with Gasteiger partial charge in [0, 0.05) is 25.3 Å². The van der Waals surface area contributed by atoms with Crippen molar-refractivity contribution < 1.29 is 4.79 Å². The van der Waals surface area contributed by atoms with E-state index >= 15 is 0 Å². The highest BCUT2D eigenvalue weighted by Crippen LogP contribution is 2.13. The van der Waals surface area contributed by atoms with E-state index in [2.05, 4.69) is 11.8 Å². The molecule has 0 saturated heterocycles. The molecule has 0 saturated carbocycles. The first kappa shape index (κ1) is 16.5. The van der Waals surface area contributed by atoms with Crippen LogP contribution in [0.5, 0.6) is 0 Å². The van der Waals surface area contributed by atoms with Crippen molar-refractivity contribution in [3.63, 3.8) is 0 Å². The lowest BCUT2D eigenvalue weighted by molar-refractivity contribution is -0.132. The van der Waals surface area contributed by atoms with Gasteiger partial charge in [0.2, 0.25) is 5.91 Å². The van der Waals surface area contributed by atoms with Crippen LogP contribution >= 0.6 is 0 Å². The molecule has 0 heterocycles. The minimum absolute atomic E-state index is 0.193. The maximum Gasteiger partial charge on any atom is 0.236 e. The first-order valence-corrected chi connectivity index (χ1v) is 7.45. The van der Waals surface area contributed by atoms with Gasteiger partial charge in [-0.15, -0.1) is 0 Å². The van der Waals surface area contributed by atoms with Gasteiger partial charge in [-0.3, -0.25) is 9.69 Å². The summed E-state index contributed by atoms with van der Waals surface area (Å²) in [5.74, 6) is 0.193. The second kappa shape index (κ2) is 8.59. The molecule has 0 aliphatic carbocycles. The van der Waals surface area contributed by atoms with Crippen LogP contribution in [0.2, 0.25) is 0 Å². The van der Waals surface area contributed by atoms with Crippen molar-refractivity contribution in [1.29, 1.82) is 0 Å². The number of nitrogens with two attached hydrogens (primary N) is 1. The molecule has 0 aliphatic heterocycles. The Morgan fingerprint density at radius 2 is 1.80 bits per heavy atom. The number of carbonyl (C=O) groups excluding carboxylic acids is 1. The van der Waals surface area contributed by atoms with Gasteiger partial charge in [0.05, 0.1) is 6.54 Å². The number of benzene rings is 1. The highest BCUT2D eigenvalue weighted by Gasteiger charge is 2.15. The lowest BCUT2D eigenvalue weighted by Crippen LogP contribution is -2.40. The highest BCUT2D eigenvalue weighted by atomic mass is 16.2. The number of hydrogen-bond acceptors (Lipinski definition) is 3. The van der Waals surface area contributed by atoms with Crippen molar-refractivity contribution >= 4 is 11.6 Å². The number of anilines is 1. The van der Waals surface area contributed by atoms with Crippen molar-refractivity contribution in [2.75, 3.05) is 31.9 Å². The van der Waals surface area contributed by atoms with Gasteiger partial charge in [0.1, 0.15) is 0 Å². The number of rotatable bonds is 8. The molecule has 20 heavy (non-hydrogen) atoms. The summed E-state index contributed by atoms with van der Waals surface area (Å²) in [6.45, 7) is 9.79. The van der Waals surface area contributed by atoms with E-state index in [1.165, 1.54) is 0 Å². The van der Waals surface area contributed by atoms with Gasteiger partial charge in [-0.25, -0.2) is 0 Å². The molecule has 1 aromatic rings. The second-order valence-corrected chi connectivity index (χ2v) is 4.98. The summed E-state index contributed by atoms with van der Waals surface area (Å²) >= 11 is 0. The second-order valence-electron chi connectivity index (χ2n) is 4.98. The number of nitrogens with zero attached hydrogens (tertiary/aromatic N) is 2. The molecule has 0 atom stereocenters. The third kappa shape index (κ3) is 4.85. The van der Waals surface area contributed by atoms with Crippen molar-refractivity contribution in [2.45, 2.75) is 33.7 Å². The summed E-state index contributed by atoms with van der Waals surface area (Å²) in [6, 6.07) is 7.86. The van der Waals surface area contributed by atoms with Crippen LogP contribution in [-0.4, -0.2) is 41.9 Å². The quantitative estimate of drug-likeness (QED) is 0.742. The zero-order valence-electron chi connectivity index (χ0n) is 12.9. The molecule has 0 aliphatic rings. The molecule has 112 valence electrons. The largest absolute Gasteiger partial charge is 0.398 e. The Hall–Kier alpha value is -1.55. The summed E-state index contributed by atoms with van der Waals surface area (Å²) in [5, 5.41) is 0. The van der Waals surface area contributed by atoms with Crippen molar-refractivity contribution in [3.8, 4) is 0 Å². The smallest absolute Gasteiger partial charge is 0.236 e. The third-order valence-corrected chi connectivity index (χ3v) is 3.46. The van der Waals surface area contributed by atoms with Crippen molar-refractivity contribution in [2.24, 2.45) is 0 Å². The number of nitrogen functional groups attached to an aromatic ring is 1. The Labute approximate surface area is 122 Å². The zero-order chi connectivity index (χ0) is 15.0. The first-order valence-electron chi connectivity index (χ1n) is 7.45. The van der Waals surface area contributed by atoms with E-state index in [4.69, 9.17) is 5.73 Å². The fourth-order valence-corrected chi connectivity index (χ4v) is 2.32. The summed E-state index contributed by atoms with van der Waals surface area (Å²) < 4.78 is 0. The number of para-hydroxylation sites is 1. The van der Waals surface area contributed by atoms with E-state index in [0.717, 1.165) is 43.9 Å². The van der Waals surface area contributed by atoms with Gasteiger partial charge in [0.15, 0.2) is 0 Å². The summed E-state index contributed by atoms with van der Waals surface area (Å²) in [7, 11) is 0. The lowest BCUT2D eigenvalue weighted by atomic mass is 10.1. The Morgan fingerprint density at radius 3 is 2.35 bits per heavy atom. The maximum absolute atomic E-state index is 12.2. The molecule has 0 fully saturated rings. The zero-order valence-corrected chi connectivity index (χ0v) is 12.9. The molecule has 0 spiro atoms. The summed E-state index contributed by atoms with van der Waals surface area (Å²) in [6.07, 6.45) is 1.03. The average Bonchev–Trinajstić information content (AvgIpc) is 2.43. The van der Waals surface area contributed by atoms with Gasteiger partial charge in [-0.1, -0.05) is 25.1 Å². The van der Waals surface area contributed by atoms with E-state index in [9.17, 15) is 4.79 Å². The molecule has 1 aromatic carbocycles. The predicted octanol–water partition coefficient (Wildman–Crippen LogP) is 2.35. The van der Waals surface area contributed by atoms with E-state index in [-0.39, 0.29) is 5.91 Å². The van der Waals surface area contributed by atoms with Crippen LogP contribution in [-0.2, 0) is 11.3 Å². The molecule has 0 unspecified atom stereocenters. The van der Waals surface area contributed by atoms with Crippen LogP contribution in [0.15, 0.2) is 24.3 Å². The van der Waals surface area contributed by atoms with Crippen LogP contribution in [0.3, 0.4) is 0 Å². The molecule has 0 radical (unpaired) electrons. The molecular formula is C16H27N3O. The number of amides is 1. The van der Waals surface area contributed by atoms with Gasteiger partial charge in [0.25, 0.3) is 0 Å². The minimum atomic E-state index is 0.193. The summed E-state index contributed by atoms with van der Waals surface area (Å²) in [5.41, 5.74) is 7.87. The summed E-state index contributed by atoms with van der Waals surface area (Å²) in [4.78, 5) is 16.3. The Bertz CT molecular complexity index is 416. The average molecular weight is 277 g/mol. The molecule has 4 heteroatoms. The Balaban J connectivity index is 2.69. The van der Waals surface area contributed by atoms with Crippen LogP contribution in [0.4, 0.5) is 5.69 Å². The first-order chi connectivity index (χ1) is 9.62. The molecule has 1 amide bonds. The molecule has 4 nitrogen and oxygen atoms in total. The van der Waals surface area contributed by atoms with Crippen LogP contribution in [0.25, 0.3) is 0 Å². The minimum Gasteiger partial charge on any atom is -0.398 e. The molecule has 1 rings (SSSR count). The van der Waals surface area contributed by atoms with Crippen molar-refractivity contribution in [1.82, 2.24) is 9.80 Å². The van der Waals surface area contributed by atoms with E-state index in [1.807, 2.05) is 43.0 Å². The highest BCUT2D eigenvalue weighted by molar-refractivity contribution is 5.78. The monoisotopic (exact) mass is 277 g/mol. The van der Waals surface area contributed by atoms with Crippen LogP contribution in [0, 0.1) is 0 Å². The predicted molar refractivity (Wildman–Crippen MR) is 84.4 cm³/mol. The van der Waals surface area contributed by atoms with Crippen LogP contribution < -0.4 is 5.73 Å². The van der Waals surface area contributed by atoms with Crippen molar-refractivity contribution in [3.05, 3.63) is 29.8 Å². The molecular weight excluding hydrogens is 250 g/mol. The maximum atomic E-state index is 12.2. The Kier molecular flexibility index (Phi) is 7.09. The normalized spacial score (nSPS) is 10.8. The standard InChI is InChI=1S/C16H27N3O/c1-4-11-18(13-16(20)19(5-2)6-3)12-14-9-7-8-10-15(14)17/h7-10H,4-6,11-13,17H2,1-3H3. The van der Waals surface area contributed by atoms with Gasteiger partial charge < -0.3 is 10.6 Å². The van der Waals surface area contributed by atoms with Gasteiger partial charge >= 0.3 is 0 Å². The number of carbonyl (C=O) groups is 1. The SMILES string of the molecule is CCCN(CC(=O)N(CC)CC)Cc1ccccc1N. The Morgan fingerprint density at radius 1 is 1.15 bits per heavy atom. The molecule has 0 bridgehead atoms. The van der Waals surface area contributed by atoms with E-state index in [0.29, 0.717) is 6.54 Å². The molecule has 2 N–H and O–H groups in total. The fourth-order valence-electron chi connectivity index (χ4n) is 2.32. The molecule has 0 aromatic heterocycles. The fraction of sp³-hybridized carbons (Fsp3) is 0.562. The third-order valence-electron chi connectivity index (χ3n) is 3.46. The number of hydrogen-bond donors (Lipinski definition) is 1. The van der Waals surface area contributed by atoms with E-state index < -0.39 is 0 Å². The van der Waals surface area contributed by atoms with Gasteiger partial charge in [-0.05, 0) is 38.4 Å².